The number of nitrogens with one attached hydrogen (secondary N) is 1. The van der Waals surface area contributed by atoms with Crippen LogP contribution >= 0.6 is 0 Å². The Hall–Kier alpha value is -2.03. The average Bonchev–Trinajstić information content (AvgIpc) is 2.25. The molecule has 106 valence electrons. The predicted octanol–water partition coefficient (Wildman–Crippen LogP) is 0.685. The number of aromatic nitrogens is 2. The van der Waals surface area contributed by atoms with E-state index in [4.69, 9.17) is 11.6 Å². The number of alkyl halides is 3. The molecule has 19 heavy (non-hydrogen) atoms. The van der Waals surface area contributed by atoms with Crippen molar-refractivity contribution in [1.82, 2.24) is 15.0 Å². The molecule has 0 unspecified atom stereocenters. The third-order valence-electron chi connectivity index (χ3n) is 2.05. The van der Waals surface area contributed by atoms with Crippen LogP contribution in [0, 0.1) is 0 Å². The minimum atomic E-state index is -4.54. The van der Waals surface area contributed by atoms with Crippen LogP contribution in [0.5, 0.6) is 0 Å². The van der Waals surface area contributed by atoms with Crippen LogP contribution in [-0.2, 0) is 12.6 Å². The molecule has 6 nitrogen and oxygen atoms in total. The number of hydrazine groups is 1. The monoisotopic (exact) mass is 276 g/mol. The largest absolute Gasteiger partial charge is 0.433 e. The summed E-state index contributed by atoms with van der Waals surface area (Å²) in [5.41, 5.74) is 5.06. The Balaban J connectivity index is 3.08. The van der Waals surface area contributed by atoms with Gasteiger partial charge < -0.3 is 16.1 Å². The fraction of sp³-hybridized carbons (Fsp3) is 0.400. The SMILES string of the molecule is CNc1nc(C/C(N)=C/N(C)N)cc(C(F)(F)F)n1. The molecule has 0 fully saturated rings. The highest BCUT2D eigenvalue weighted by molar-refractivity contribution is 5.30. The van der Waals surface area contributed by atoms with Gasteiger partial charge in [-0.2, -0.15) is 13.2 Å². The maximum absolute atomic E-state index is 12.6. The predicted molar refractivity (Wildman–Crippen MR) is 64.5 cm³/mol. The van der Waals surface area contributed by atoms with Gasteiger partial charge in [0.15, 0.2) is 0 Å². The van der Waals surface area contributed by atoms with Gasteiger partial charge in [0.25, 0.3) is 0 Å². The third-order valence-corrected chi connectivity index (χ3v) is 2.05. The number of anilines is 1. The molecule has 0 spiro atoms. The molecule has 1 rings (SSSR count). The van der Waals surface area contributed by atoms with Crippen LogP contribution in [-0.4, -0.2) is 29.1 Å². The number of hydrogen-bond donors (Lipinski definition) is 3. The number of hydrogen-bond acceptors (Lipinski definition) is 6. The number of nitrogens with two attached hydrogens (primary N) is 2. The molecule has 1 aromatic rings. The van der Waals surface area contributed by atoms with Crippen LogP contribution in [0.4, 0.5) is 19.1 Å². The molecule has 0 aromatic carbocycles. The first-order valence-corrected chi connectivity index (χ1v) is 5.29. The van der Waals surface area contributed by atoms with E-state index in [2.05, 4.69) is 15.3 Å². The van der Waals surface area contributed by atoms with Gasteiger partial charge in [-0.1, -0.05) is 0 Å². The Bertz CT molecular complexity index is 469. The number of halogens is 3. The first-order chi connectivity index (χ1) is 8.72. The van der Waals surface area contributed by atoms with E-state index in [1.165, 1.54) is 18.3 Å². The van der Waals surface area contributed by atoms with Gasteiger partial charge in [-0.3, -0.25) is 0 Å². The topological polar surface area (TPSA) is 93.1 Å². The summed E-state index contributed by atoms with van der Waals surface area (Å²) in [6, 6.07) is 0.859. The van der Waals surface area contributed by atoms with Crippen molar-refractivity contribution in [3.8, 4) is 0 Å². The van der Waals surface area contributed by atoms with Gasteiger partial charge in [0, 0.05) is 32.4 Å². The molecule has 0 aliphatic rings. The molecule has 0 amide bonds. The lowest BCUT2D eigenvalue weighted by atomic mass is 10.2. The summed E-state index contributed by atoms with van der Waals surface area (Å²) >= 11 is 0. The minimum absolute atomic E-state index is 0.0435. The van der Waals surface area contributed by atoms with E-state index < -0.39 is 11.9 Å². The zero-order chi connectivity index (χ0) is 14.6. The Kier molecular flexibility index (Phi) is 4.54. The summed E-state index contributed by atoms with van der Waals surface area (Å²) in [6.45, 7) is 0. The van der Waals surface area contributed by atoms with Crippen molar-refractivity contribution in [3.05, 3.63) is 29.4 Å². The maximum atomic E-state index is 12.6. The smallest absolute Gasteiger partial charge is 0.401 e. The van der Waals surface area contributed by atoms with E-state index in [1.807, 2.05) is 0 Å². The van der Waals surface area contributed by atoms with Gasteiger partial charge in [0.1, 0.15) is 5.69 Å². The van der Waals surface area contributed by atoms with Crippen molar-refractivity contribution in [2.45, 2.75) is 12.6 Å². The molecule has 0 bridgehead atoms. The Morgan fingerprint density at radius 3 is 2.58 bits per heavy atom. The van der Waals surface area contributed by atoms with Crippen LogP contribution in [0.1, 0.15) is 11.4 Å². The highest BCUT2D eigenvalue weighted by Crippen LogP contribution is 2.28. The van der Waals surface area contributed by atoms with E-state index in [-0.39, 0.29) is 18.1 Å². The summed E-state index contributed by atoms with van der Waals surface area (Å²) in [7, 11) is 2.99. The van der Waals surface area contributed by atoms with Crippen LogP contribution < -0.4 is 16.9 Å². The number of rotatable bonds is 4. The summed E-state index contributed by atoms with van der Waals surface area (Å²) < 4.78 is 37.9. The molecular formula is C10H15F3N6. The highest BCUT2D eigenvalue weighted by Gasteiger charge is 2.33. The lowest BCUT2D eigenvalue weighted by Crippen LogP contribution is -2.21. The van der Waals surface area contributed by atoms with E-state index in [1.54, 1.807) is 7.05 Å². The maximum Gasteiger partial charge on any atom is 0.433 e. The second kappa shape index (κ2) is 5.74. The molecule has 9 heteroatoms. The molecule has 1 aromatic heterocycles. The van der Waals surface area contributed by atoms with Gasteiger partial charge in [-0.15, -0.1) is 0 Å². The number of nitrogens with zero attached hydrogens (tertiary/aromatic N) is 3. The fourth-order valence-corrected chi connectivity index (χ4v) is 1.36. The van der Waals surface area contributed by atoms with Crippen molar-refractivity contribution < 1.29 is 13.2 Å². The molecular weight excluding hydrogens is 261 g/mol. The molecule has 5 N–H and O–H groups in total. The summed E-state index contributed by atoms with van der Waals surface area (Å²) in [4.78, 5) is 7.26. The van der Waals surface area contributed by atoms with Crippen molar-refractivity contribution in [2.75, 3.05) is 19.4 Å². The molecule has 0 atom stereocenters. The van der Waals surface area contributed by atoms with Crippen molar-refractivity contribution in [1.29, 1.82) is 0 Å². The molecule has 1 heterocycles. The van der Waals surface area contributed by atoms with Crippen LogP contribution in [0.3, 0.4) is 0 Å². The normalized spacial score (nSPS) is 12.4. The third kappa shape index (κ3) is 4.62. The molecule has 0 saturated heterocycles. The van der Waals surface area contributed by atoms with Gasteiger partial charge in [-0.25, -0.2) is 15.8 Å². The number of allylic oxidation sites excluding steroid dienone is 1. The Morgan fingerprint density at radius 2 is 2.11 bits per heavy atom. The second-order valence-electron chi connectivity index (χ2n) is 3.86. The molecule has 0 aliphatic heterocycles. The van der Waals surface area contributed by atoms with Crippen molar-refractivity contribution in [2.24, 2.45) is 11.6 Å². The van der Waals surface area contributed by atoms with Gasteiger partial charge >= 0.3 is 6.18 Å². The summed E-state index contributed by atoms with van der Waals surface area (Å²) in [6.07, 6.45) is -3.09. The molecule has 0 saturated carbocycles. The van der Waals surface area contributed by atoms with E-state index >= 15 is 0 Å². The van der Waals surface area contributed by atoms with E-state index in [0.717, 1.165) is 6.07 Å². The lowest BCUT2D eigenvalue weighted by molar-refractivity contribution is -0.141. The first kappa shape index (κ1) is 15.0. The van der Waals surface area contributed by atoms with Crippen LogP contribution in [0.2, 0.25) is 0 Å². The van der Waals surface area contributed by atoms with Crippen molar-refractivity contribution >= 4 is 5.95 Å². The Morgan fingerprint density at radius 1 is 1.47 bits per heavy atom. The minimum Gasteiger partial charge on any atom is -0.401 e. The fourth-order valence-electron chi connectivity index (χ4n) is 1.36. The Labute approximate surface area is 108 Å². The summed E-state index contributed by atoms with van der Waals surface area (Å²) in [5, 5.41) is 3.68. The zero-order valence-electron chi connectivity index (χ0n) is 10.5. The van der Waals surface area contributed by atoms with Crippen LogP contribution in [0.15, 0.2) is 18.0 Å². The van der Waals surface area contributed by atoms with Gasteiger partial charge in [0.2, 0.25) is 5.95 Å². The van der Waals surface area contributed by atoms with Gasteiger partial charge in [-0.05, 0) is 6.07 Å². The van der Waals surface area contributed by atoms with Crippen molar-refractivity contribution in [3.63, 3.8) is 0 Å². The highest BCUT2D eigenvalue weighted by atomic mass is 19.4. The standard InChI is InChI=1S/C10H15F3N6/c1-16-9-17-7(3-6(14)5-19(2)15)4-8(18-9)10(11,12)13/h4-5H,3,14-15H2,1-2H3,(H,16,17,18)/b6-5-. The lowest BCUT2D eigenvalue weighted by Gasteiger charge is -2.11. The molecule has 0 aliphatic carbocycles. The molecule has 0 radical (unpaired) electrons. The first-order valence-electron chi connectivity index (χ1n) is 5.29. The van der Waals surface area contributed by atoms with Gasteiger partial charge in [0.05, 0.1) is 5.69 Å². The van der Waals surface area contributed by atoms with Crippen LogP contribution in [0.25, 0.3) is 0 Å². The quantitative estimate of drug-likeness (QED) is 0.553. The second-order valence-corrected chi connectivity index (χ2v) is 3.86. The van der Waals surface area contributed by atoms with E-state index in [0.29, 0.717) is 5.70 Å². The zero-order valence-corrected chi connectivity index (χ0v) is 10.5. The van der Waals surface area contributed by atoms with E-state index in [9.17, 15) is 13.2 Å². The summed E-state index contributed by atoms with van der Waals surface area (Å²) in [5.74, 6) is 5.24. The average molecular weight is 276 g/mol.